The molecular weight excluding hydrogens is 553 g/mol. The molecule has 0 spiro atoms. The van der Waals surface area contributed by atoms with E-state index in [1.54, 1.807) is 17.0 Å². The lowest BCUT2D eigenvalue weighted by molar-refractivity contribution is -0.116. The van der Waals surface area contributed by atoms with Crippen LogP contribution in [0.2, 0.25) is 16.6 Å². The lowest BCUT2D eigenvalue weighted by Gasteiger charge is -2.47. The van der Waals surface area contributed by atoms with Crippen molar-refractivity contribution in [2.45, 2.75) is 116 Å². The Balaban J connectivity index is 1.72. The van der Waals surface area contributed by atoms with Crippen LogP contribution in [0, 0.1) is 23.6 Å². The Morgan fingerprint density at radius 2 is 1.53 bits per heavy atom. The second-order valence-electron chi connectivity index (χ2n) is 14.2. The maximum absolute atomic E-state index is 14.3. The summed E-state index contributed by atoms with van der Waals surface area (Å²) in [6, 6.07) is 16.2. The highest BCUT2D eigenvalue weighted by Gasteiger charge is 2.51. The summed E-state index contributed by atoms with van der Waals surface area (Å²) < 4.78 is 20.4. The molecule has 1 amide bonds. The van der Waals surface area contributed by atoms with E-state index < -0.39 is 20.2 Å². The Morgan fingerprint density at radius 3 is 2.12 bits per heavy atom. The van der Waals surface area contributed by atoms with Gasteiger partial charge in [-0.2, -0.15) is 0 Å². The average molecular weight is 606 g/mol. The number of rotatable bonds is 9. The molecule has 1 heterocycles. The van der Waals surface area contributed by atoms with Gasteiger partial charge in [0.15, 0.2) is 5.78 Å². The summed E-state index contributed by atoms with van der Waals surface area (Å²) in [5.74, 6) is 0.866. The van der Waals surface area contributed by atoms with Crippen molar-refractivity contribution in [1.29, 1.82) is 0 Å². The van der Waals surface area contributed by atoms with Crippen molar-refractivity contribution in [2.24, 2.45) is 17.8 Å². The normalized spacial score (nSPS) is 24.0. The number of ketones is 1. The van der Waals surface area contributed by atoms with Gasteiger partial charge in [-0.15, -0.1) is 0 Å². The molecule has 2 aliphatic rings. The number of hydrogen-bond donors (Lipinski definition) is 0. The summed E-state index contributed by atoms with van der Waals surface area (Å²) in [7, 11) is -2.35. The minimum atomic E-state index is -2.35. The Morgan fingerprint density at radius 1 is 0.930 bits per heavy atom. The monoisotopic (exact) mass is 605 g/mol. The Labute approximate surface area is 260 Å². The minimum Gasteiger partial charge on any atom is -0.446 e. The van der Waals surface area contributed by atoms with Gasteiger partial charge in [0.1, 0.15) is 20.0 Å². The second-order valence-corrected chi connectivity index (χ2v) is 20.1. The van der Waals surface area contributed by atoms with E-state index in [0.717, 1.165) is 36.4 Å². The van der Waals surface area contributed by atoms with Crippen LogP contribution in [0.25, 0.3) is 0 Å². The first-order valence-corrected chi connectivity index (χ1v) is 18.6. The molecule has 0 N–H and O–H groups in total. The Bertz CT molecular complexity index is 1250. The summed E-state index contributed by atoms with van der Waals surface area (Å²) in [5.41, 5.74) is 3.02. The number of carbonyl (C=O) groups is 2. The molecule has 0 bridgehead atoms. The summed E-state index contributed by atoms with van der Waals surface area (Å²) in [6.45, 7) is 17.9. The van der Waals surface area contributed by atoms with Crippen LogP contribution in [-0.2, 0) is 16.0 Å². The Kier molecular flexibility index (Phi) is 10.7. The van der Waals surface area contributed by atoms with E-state index in [1.807, 2.05) is 12.3 Å². The average Bonchev–Trinajstić information content (AvgIpc) is 2.94. The highest BCUT2D eigenvalue weighted by Crippen LogP contribution is 2.49. The molecule has 4 nitrogen and oxygen atoms in total. The fraction of sp³-hybridized carbons (Fsp3) is 0.568. The largest absolute Gasteiger partial charge is 0.446 e. The van der Waals surface area contributed by atoms with Gasteiger partial charge in [0.2, 0.25) is 0 Å². The SMILES string of the molecule is CC1CCC(C(C)Cc2ccccc2)C(OC(=O)N2C=C([Si](C(C)C)(C(C)C)C(C)C)C(=O)CC2c2ccc(F)cc2)C1. The summed E-state index contributed by atoms with van der Waals surface area (Å²) in [5, 5.41) is 0.841. The van der Waals surface area contributed by atoms with Crippen LogP contribution in [0.1, 0.15) is 98.2 Å². The highest BCUT2D eigenvalue weighted by atomic mass is 28.3. The van der Waals surface area contributed by atoms with Crippen LogP contribution in [-0.4, -0.2) is 31.0 Å². The molecule has 5 unspecified atom stereocenters. The highest BCUT2D eigenvalue weighted by molar-refractivity contribution is 6.93. The van der Waals surface area contributed by atoms with E-state index >= 15 is 0 Å². The van der Waals surface area contributed by atoms with Crippen LogP contribution < -0.4 is 0 Å². The fourth-order valence-electron chi connectivity index (χ4n) is 8.58. The van der Waals surface area contributed by atoms with Gasteiger partial charge >= 0.3 is 6.09 Å². The number of allylic oxidation sites excluding steroid dienone is 1. The van der Waals surface area contributed by atoms with Crippen LogP contribution in [0.3, 0.4) is 0 Å². The molecule has 1 aliphatic heterocycles. The first-order chi connectivity index (χ1) is 20.4. The molecule has 4 rings (SSSR count). The van der Waals surface area contributed by atoms with Gasteiger partial charge in [-0.25, -0.2) is 9.18 Å². The van der Waals surface area contributed by atoms with E-state index in [4.69, 9.17) is 4.74 Å². The number of hydrogen-bond acceptors (Lipinski definition) is 3. The molecule has 2 aromatic carbocycles. The molecule has 43 heavy (non-hydrogen) atoms. The maximum Gasteiger partial charge on any atom is 0.414 e. The summed E-state index contributed by atoms with van der Waals surface area (Å²) >= 11 is 0. The van der Waals surface area contributed by atoms with Crippen LogP contribution in [0.5, 0.6) is 0 Å². The number of benzene rings is 2. The minimum absolute atomic E-state index is 0.113. The van der Waals surface area contributed by atoms with E-state index in [0.29, 0.717) is 28.5 Å². The summed E-state index contributed by atoms with van der Waals surface area (Å²) in [4.78, 5) is 30.1. The van der Waals surface area contributed by atoms with E-state index in [-0.39, 0.29) is 30.0 Å². The third-order valence-electron chi connectivity index (χ3n) is 10.6. The van der Waals surface area contributed by atoms with E-state index in [9.17, 15) is 14.0 Å². The molecule has 0 radical (unpaired) electrons. The van der Waals surface area contributed by atoms with Crippen molar-refractivity contribution < 1.29 is 18.7 Å². The zero-order valence-corrected chi connectivity index (χ0v) is 28.5. The van der Waals surface area contributed by atoms with Gasteiger partial charge < -0.3 is 4.74 Å². The molecular formula is C37H52FNO3Si. The zero-order valence-electron chi connectivity index (χ0n) is 27.5. The van der Waals surface area contributed by atoms with Gasteiger partial charge in [-0.1, -0.05) is 104 Å². The molecule has 0 aromatic heterocycles. The van der Waals surface area contributed by atoms with Crippen LogP contribution in [0.15, 0.2) is 66.0 Å². The molecule has 5 atom stereocenters. The quantitative estimate of drug-likeness (QED) is 0.267. The lowest BCUT2D eigenvalue weighted by atomic mass is 9.73. The van der Waals surface area contributed by atoms with E-state index in [2.05, 4.69) is 79.7 Å². The van der Waals surface area contributed by atoms with Crippen LogP contribution in [0.4, 0.5) is 9.18 Å². The molecule has 1 saturated carbocycles. The summed E-state index contributed by atoms with van der Waals surface area (Å²) in [6.07, 6.45) is 5.39. The number of amides is 1. The topological polar surface area (TPSA) is 46.6 Å². The molecule has 1 fully saturated rings. The molecule has 2 aromatic rings. The standard InChI is InChI=1S/C37H52FNO3Si/c1-24(2)43(25(3)4,26(5)6)36-23-39(33(22-34(36)40)30-15-17-31(38)18-16-30)37(41)42-35-20-27(7)14-19-32(35)28(8)21-29-12-10-9-11-13-29/h9-13,15-18,23-28,32-33,35H,14,19-22H2,1-8H3. The second kappa shape index (κ2) is 13.9. The number of carbonyl (C=O) groups excluding carboxylic acids is 2. The van der Waals surface area contributed by atoms with Gasteiger partial charge in [0.05, 0.1) is 6.04 Å². The fourth-order valence-corrected chi connectivity index (χ4v) is 15.4. The first kappa shape index (κ1) is 33.2. The van der Waals surface area contributed by atoms with Gasteiger partial charge in [-0.3, -0.25) is 9.69 Å². The third kappa shape index (κ3) is 7.00. The van der Waals surface area contributed by atoms with Crippen LogP contribution >= 0.6 is 0 Å². The van der Waals surface area contributed by atoms with Crippen molar-refractivity contribution in [2.75, 3.05) is 0 Å². The number of nitrogens with zero attached hydrogens (tertiary/aromatic N) is 1. The van der Waals surface area contributed by atoms with E-state index in [1.165, 1.54) is 17.7 Å². The van der Waals surface area contributed by atoms with Gasteiger partial charge in [0.25, 0.3) is 0 Å². The predicted octanol–water partition coefficient (Wildman–Crippen LogP) is 10.1. The number of Topliss-reactive ketones (excluding diaryl/α,β-unsaturated/α-hetero) is 1. The lowest BCUT2D eigenvalue weighted by Crippen LogP contribution is -2.52. The van der Waals surface area contributed by atoms with Crippen molar-refractivity contribution in [1.82, 2.24) is 4.90 Å². The Hall–Kier alpha value is -2.73. The zero-order chi connectivity index (χ0) is 31.5. The van der Waals surface area contributed by atoms with Crippen molar-refractivity contribution in [3.63, 3.8) is 0 Å². The smallest absolute Gasteiger partial charge is 0.414 e. The molecule has 234 valence electrons. The first-order valence-electron chi connectivity index (χ1n) is 16.4. The molecule has 1 aliphatic carbocycles. The van der Waals surface area contributed by atoms with Crippen molar-refractivity contribution in [3.05, 3.63) is 82.9 Å². The number of halogens is 1. The predicted molar refractivity (Wildman–Crippen MR) is 176 cm³/mol. The van der Waals surface area contributed by atoms with Gasteiger partial charge in [0, 0.05) is 12.6 Å². The maximum atomic E-state index is 14.3. The molecule has 6 heteroatoms. The third-order valence-corrected chi connectivity index (χ3v) is 17.6. The van der Waals surface area contributed by atoms with Crippen molar-refractivity contribution >= 4 is 20.0 Å². The number of ether oxygens (including phenoxy) is 1. The van der Waals surface area contributed by atoms with Gasteiger partial charge in [-0.05, 0) is 82.1 Å². The van der Waals surface area contributed by atoms with Crippen molar-refractivity contribution in [3.8, 4) is 0 Å². The molecule has 0 saturated heterocycles.